The third-order valence-electron chi connectivity index (χ3n) is 7.08. The van der Waals surface area contributed by atoms with Gasteiger partial charge in [-0.2, -0.15) is 5.10 Å². The van der Waals surface area contributed by atoms with Gasteiger partial charge in [0.1, 0.15) is 11.6 Å². The number of hydrogen-bond acceptors (Lipinski definition) is 4. The zero-order valence-electron chi connectivity index (χ0n) is 20.0. The van der Waals surface area contributed by atoms with Gasteiger partial charge in [-0.15, -0.1) is 0 Å². The molecule has 1 saturated heterocycles. The second-order valence-corrected chi connectivity index (χ2v) is 9.29. The Morgan fingerprint density at radius 3 is 2.44 bits per heavy atom. The Morgan fingerprint density at radius 1 is 1.03 bits per heavy atom. The molecule has 2 atom stereocenters. The summed E-state index contributed by atoms with van der Waals surface area (Å²) in [6.07, 6.45) is 4.31. The predicted octanol–water partition coefficient (Wildman–Crippen LogP) is 4.73. The summed E-state index contributed by atoms with van der Waals surface area (Å²) in [5.74, 6) is -1.95. The van der Waals surface area contributed by atoms with Crippen molar-refractivity contribution in [2.24, 2.45) is 0 Å². The molecule has 2 aliphatic rings. The second-order valence-electron chi connectivity index (χ2n) is 9.29. The van der Waals surface area contributed by atoms with Crippen molar-refractivity contribution in [3.8, 4) is 11.1 Å². The third-order valence-corrected chi connectivity index (χ3v) is 7.08. The summed E-state index contributed by atoms with van der Waals surface area (Å²) < 4.78 is 30.5. The van der Waals surface area contributed by atoms with Gasteiger partial charge < -0.3 is 15.3 Å². The summed E-state index contributed by atoms with van der Waals surface area (Å²) in [5, 5.41) is 18.1. The molecule has 2 amide bonds. The second kappa shape index (κ2) is 9.34. The first-order valence-corrected chi connectivity index (χ1v) is 11.9. The zero-order valence-corrected chi connectivity index (χ0v) is 20.0. The van der Waals surface area contributed by atoms with Gasteiger partial charge in [-0.05, 0) is 56.6 Å². The number of carbonyl (C=O) groups excluding carboxylic acids is 1. The molecule has 8 nitrogen and oxygen atoms in total. The lowest BCUT2D eigenvalue weighted by molar-refractivity contribution is -0.117. The van der Waals surface area contributed by atoms with Gasteiger partial charge in [0, 0.05) is 30.3 Å². The molecule has 188 valence electrons. The van der Waals surface area contributed by atoms with Crippen LogP contribution < -0.4 is 15.1 Å². The summed E-state index contributed by atoms with van der Waals surface area (Å²) in [7, 11) is 0. The van der Waals surface area contributed by atoms with Crippen LogP contribution in [-0.4, -0.2) is 46.0 Å². The number of hydrogen-bond donors (Lipinski definition) is 2. The van der Waals surface area contributed by atoms with E-state index < -0.39 is 29.8 Å². The Bertz CT molecular complexity index is 1320. The molecule has 0 bridgehead atoms. The Kier molecular flexibility index (Phi) is 6.21. The lowest BCUT2D eigenvalue weighted by atomic mass is 9.91. The van der Waals surface area contributed by atoms with Crippen molar-refractivity contribution >= 4 is 23.4 Å². The number of piperidine rings is 1. The molecule has 1 aromatic heterocycles. The first-order chi connectivity index (χ1) is 17.3. The summed E-state index contributed by atoms with van der Waals surface area (Å²) in [6, 6.07) is 6.73. The maximum Gasteiger partial charge on any atom is 0.412 e. The molecule has 0 spiro atoms. The van der Waals surface area contributed by atoms with Gasteiger partial charge in [0.2, 0.25) is 5.91 Å². The molecule has 2 N–H and O–H groups in total. The molecule has 3 aromatic rings. The van der Waals surface area contributed by atoms with Gasteiger partial charge in [0.25, 0.3) is 0 Å². The fourth-order valence-electron chi connectivity index (χ4n) is 5.40. The van der Waals surface area contributed by atoms with Crippen LogP contribution in [0.4, 0.5) is 25.0 Å². The van der Waals surface area contributed by atoms with Gasteiger partial charge in [0.05, 0.1) is 35.7 Å². The van der Waals surface area contributed by atoms with Crippen LogP contribution in [0.1, 0.15) is 44.3 Å². The highest BCUT2D eigenvalue weighted by Crippen LogP contribution is 2.46. The van der Waals surface area contributed by atoms with Crippen molar-refractivity contribution in [3.05, 3.63) is 66.0 Å². The normalized spacial score (nSPS) is 20.3. The minimum atomic E-state index is -1.30. The number of rotatable bonds is 3. The third kappa shape index (κ3) is 4.11. The topological polar surface area (TPSA) is 90.7 Å². The van der Waals surface area contributed by atoms with Crippen LogP contribution in [0.2, 0.25) is 0 Å². The highest BCUT2D eigenvalue weighted by molar-refractivity contribution is 6.03. The van der Waals surface area contributed by atoms with E-state index in [1.54, 1.807) is 25.3 Å². The highest BCUT2D eigenvalue weighted by Gasteiger charge is 2.43. The number of nitrogens with zero attached hydrogens (tertiary/aromatic N) is 4. The van der Waals surface area contributed by atoms with E-state index in [1.165, 1.54) is 17.9 Å². The molecule has 5 rings (SSSR count). The molecule has 2 aliphatic heterocycles. The Labute approximate surface area is 207 Å². The molecule has 1 unspecified atom stereocenters. The fourth-order valence-corrected chi connectivity index (χ4v) is 5.40. The minimum Gasteiger partial charge on any atom is -0.465 e. The van der Waals surface area contributed by atoms with E-state index in [-0.39, 0.29) is 23.2 Å². The average Bonchev–Trinajstić information content (AvgIpc) is 3.34. The van der Waals surface area contributed by atoms with Crippen molar-refractivity contribution < 1.29 is 23.5 Å². The van der Waals surface area contributed by atoms with Crippen LogP contribution in [0.3, 0.4) is 0 Å². The number of nitrogens with one attached hydrogen (secondary N) is 1. The first kappa shape index (κ1) is 23.9. The SMILES string of the molecule is CC(=O)N1c2ccc(-c3cnn(C4CCNCC4)c3)cc2N(C(=O)O)C(c2ccc(F)cc2F)[C@@H]1C. The number of amides is 2. The zero-order chi connectivity index (χ0) is 25.6. The summed E-state index contributed by atoms with van der Waals surface area (Å²) >= 11 is 0. The molecule has 1 fully saturated rings. The number of carboxylic acid groups (broad SMARTS) is 1. The van der Waals surface area contributed by atoms with Crippen LogP contribution in [0, 0.1) is 11.6 Å². The van der Waals surface area contributed by atoms with Gasteiger partial charge >= 0.3 is 6.09 Å². The summed E-state index contributed by atoms with van der Waals surface area (Å²) in [6.45, 7) is 4.88. The number of halogens is 2. The molecule has 2 aromatic carbocycles. The maximum atomic E-state index is 14.9. The van der Waals surface area contributed by atoms with E-state index in [4.69, 9.17) is 0 Å². The van der Waals surface area contributed by atoms with Crippen LogP contribution in [0.15, 0.2) is 48.8 Å². The van der Waals surface area contributed by atoms with Crippen LogP contribution >= 0.6 is 0 Å². The number of aromatic nitrogens is 2. The highest BCUT2D eigenvalue weighted by atomic mass is 19.1. The van der Waals surface area contributed by atoms with Crippen molar-refractivity contribution in [3.63, 3.8) is 0 Å². The maximum absolute atomic E-state index is 14.9. The van der Waals surface area contributed by atoms with Crippen molar-refractivity contribution in [1.29, 1.82) is 0 Å². The van der Waals surface area contributed by atoms with Gasteiger partial charge in [-0.25, -0.2) is 13.6 Å². The average molecular weight is 496 g/mol. The van der Waals surface area contributed by atoms with Crippen LogP contribution in [0.25, 0.3) is 11.1 Å². The molecular weight excluding hydrogens is 468 g/mol. The van der Waals surface area contributed by atoms with E-state index in [0.717, 1.165) is 54.1 Å². The quantitative estimate of drug-likeness (QED) is 0.548. The lowest BCUT2D eigenvalue weighted by Gasteiger charge is -2.46. The molecule has 0 aliphatic carbocycles. The Hall–Kier alpha value is -3.79. The minimum absolute atomic E-state index is 0.00710. The molecule has 36 heavy (non-hydrogen) atoms. The largest absolute Gasteiger partial charge is 0.465 e. The van der Waals surface area contributed by atoms with Crippen LogP contribution in [0.5, 0.6) is 0 Å². The number of carbonyl (C=O) groups is 2. The molecular formula is C26H27F2N5O3. The monoisotopic (exact) mass is 495 g/mol. The van der Waals surface area contributed by atoms with E-state index in [0.29, 0.717) is 5.69 Å². The Balaban J connectivity index is 1.62. The number of anilines is 2. The van der Waals surface area contributed by atoms with E-state index in [2.05, 4.69) is 10.4 Å². The van der Waals surface area contributed by atoms with Crippen molar-refractivity contribution in [2.75, 3.05) is 22.9 Å². The van der Waals surface area contributed by atoms with Gasteiger partial charge in [0.15, 0.2) is 0 Å². The Morgan fingerprint density at radius 2 is 1.78 bits per heavy atom. The molecule has 0 saturated carbocycles. The van der Waals surface area contributed by atoms with E-state index in [9.17, 15) is 23.5 Å². The van der Waals surface area contributed by atoms with Crippen LogP contribution in [-0.2, 0) is 4.79 Å². The fraction of sp³-hybridized carbons (Fsp3) is 0.346. The smallest absolute Gasteiger partial charge is 0.412 e. The predicted molar refractivity (Wildman–Crippen MR) is 131 cm³/mol. The number of fused-ring (bicyclic) bond motifs is 1. The van der Waals surface area contributed by atoms with E-state index >= 15 is 0 Å². The molecule has 3 heterocycles. The van der Waals surface area contributed by atoms with E-state index in [1.807, 2.05) is 16.9 Å². The van der Waals surface area contributed by atoms with Gasteiger partial charge in [-0.1, -0.05) is 12.1 Å². The molecule has 0 radical (unpaired) electrons. The first-order valence-electron chi connectivity index (χ1n) is 11.9. The lowest BCUT2D eigenvalue weighted by Crippen LogP contribution is -2.53. The molecule has 10 heteroatoms. The number of benzene rings is 2. The standard InChI is InChI=1S/C26H27F2N5O3/c1-15-25(21-5-4-19(27)12-22(21)28)33(26(35)36)24-11-17(3-6-23(24)32(15)16(2)34)18-13-30-31(14-18)20-7-9-29-10-8-20/h3-6,11-15,20,25,29H,7-10H2,1-2H3,(H,35,36)/t15-,25?/m0/s1. The summed E-state index contributed by atoms with van der Waals surface area (Å²) in [5.41, 5.74) is 2.17. The van der Waals surface area contributed by atoms with Crippen molar-refractivity contribution in [2.45, 2.75) is 44.8 Å². The van der Waals surface area contributed by atoms with Crippen molar-refractivity contribution in [1.82, 2.24) is 15.1 Å². The van der Waals surface area contributed by atoms with Gasteiger partial charge in [-0.3, -0.25) is 14.4 Å². The summed E-state index contributed by atoms with van der Waals surface area (Å²) in [4.78, 5) is 27.8.